The van der Waals surface area contributed by atoms with Gasteiger partial charge in [-0.2, -0.15) is 8.42 Å². The number of amides is 6. The van der Waals surface area contributed by atoms with E-state index in [2.05, 4.69) is 31.7 Å². The van der Waals surface area contributed by atoms with Gasteiger partial charge in [0, 0.05) is 17.2 Å². The summed E-state index contributed by atoms with van der Waals surface area (Å²) in [5.74, 6) is 0. The molecule has 1 heterocycles. The Morgan fingerprint density at radius 2 is 1.54 bits per heavy atom. The van der Waals surface area contributed by atoms with Crippen LogP contribution in [0.25, 0.3) is 0 Å². The van der Waals surface area contributed by atoms with Crippen molar-refractivity contribution < 1.29 is 22.8 Å². The fraction of sp³-hybridized carbons (Fsp3) is 0. The molecule has 15 heteroatoms. The first-order valence-corrected chi connectivity index (χ1v) is 8.73. The van der Waals surface area contributed by atoms with E-state index in [0.29, 0.717) is 5.00 Å². The van der Waals surface area contributed by atoms with Crippen molar-refractivity contribution in [1.82, 2.24) is 19.0 Å². The summed E-state index contributed by atoms with van der Waals surface area (Å²) in [5.41, 5.74) is 9.61. The van der Waals surface area contributed by atoms with E-state index in [9.17, 15) is 22.8 Å². The fourth-order valence-corrected chi connectivity index (χ4v) is 2.30. The van der Waals surface area contributed by atoms with Gasteiger partial charge in [-0.25, -0.2) is 23.8 Å². The number of carbonyl (C=O) groups excluding carboxylic acids is 3. The minimum absolute atomic E-state index is 0.299. The van der Waals surface area contributed by atoms with Crippen molar-refractivity contribution in [2.75, 3.05) is 10.6 Å². The monoisotopic (exact) mass is 402 g/mol. The number of aromatic nitrogens is 2. The van der Waals surface area contributed by atoms with Crippen LogP contribution in [0.1, 0.15) is 0 Å². The molecule has 26 heavy (non-hydrogen) atoms. The molecule has 0 aliphatic rings. The van der Waals surface area contributed by atoms with Crippen molar-refractivity contribution in [2.45, 2.75) is 0 Å². The SMILES string of the molecule is NC(=O)NS(=O)(=O)NC(N)=O.O=C(Nc1ccccc1)Nc1cnns1. The smallest absolute Gasteiger partial charge is 0.328 e. The Kier molecular flexibility index (Phi) is 7.71. The summed E-state index contributed by atoms with van der Waals surface area (Å²) in [6, 6.07) is 6.30. The zero-order valence-corrected chi connectivity index (χ0v) is 14.5. The quantitative estimate of drug-likeness (QED) is 0.403. The number of benzene rings is 1. The standard InChI is InChI=1S/C9H8N4OS.C2H6N4O4S/c14-9(12-8-6-10-13-15-8)11-7-4-2-1-3-5-7;3-1(7)5-11(9,10)6-2(4)8/h1-6H,(H2,11,12,14);(H3,3,5,7)(H3,4,6,8). The molecule has 6 amide bonds. The third-order valence-corrected chi connectivity index (χ3v) is 3.62. The summed E-state index contributed by atoms with van der Waals surface area (Å²) in [7, 11) is -4.23. The largest absolute Gasteiger partial charge is 0.351 e. The molecule has 0 aliphatic heterocycles. The third-order valence-electron chi connectivity index (χ3n) is 2.10. The van der Waals surface area contributed by atoms with Gasteiger partial charge >= 0.3 is 28.3 Å². The number of urea groups is 3. The maximum atomic E-state index is 11.4. The summed E-state index contributed by atoms with van der Waals surface area (Å²) in [6.07, 6.45) is 1.50. The average molecular weight is 402 g/mol. The predicted molar refractivity (Wildman–Crippen MR) is 93.4 cm³/mol. The lowest BCUT2D eigenvalue weighted by atomic mass is 10.3. The molecule has 0 radical (unpaired) electrons. The van der Waals surface area contributed by atoms with Gasteiger partial charge in [-0.15, -0.1) is 5.10 Å². The number of hydrogen-bond donors (Lipinski definition) is 6. The lowest BCUT2D eigenvalue weighted by Crippen LogP contribution is -2.46. The zero-order chi connectivity index (χ0) is 19.6. The summed E-state index contributed by atoms with van der Waals surface area (Å²) in [5, 5.41) is 9.52. The van der Waals surface area contributed by atoms with Crippen LogP contribution in [0.15, 0.2) is 36.5 Å². The van der Waals surface area contributed by atoms with Crippen LogP contribution in [0.2, 0.25) is 0 Å². The first-order chi connectivity index (χ1) is 12.2. The molecule has 0 spiro atoms. The highest BCUT2D eigenvalue weighted by Gasteiger charge is 2.12. The van der Waals surface area contributed by atoms with Gasteiger partial charge in [0.15, 0.2) is 0 Å². The van der Waals surface area contributed by atoms with Crippen molar-refractivity contribution >= 4 is 50.5 Å². The highest BCUT2D eigenvalue weighted by Crippen LogP contribution is 2.10. The molecule has 0 fully saturated rings. The molecular weight excluding hydrogens is 388 g/mol. The Morgan fingerprint density at radius 3 is 2.00 bits per heavy atom. The van der Waals surface area contributed by atoms with Crippen molar-refractivity contribution in [3.05, 3.63) is 36.5 Å². The normalized spacial score (nSPS) is 9.85. The van der Waals surface area contributed by atoms with E-state index < -0.39 is 22.3 Å². The first-order valence-electron chi connectivity index (χ1n) is 6.48. The van der Waals surface area contributed by atoms with Crippen LogP contribution in [-0.4, -0.2) is 36.1 Å². The average Bonchev–Trinajstić information content (AvgIpc) is 2.98. The Balaban J connectivity index is 0.000000276. The molecule has 0 saturated carbocycles. The van der Waals surface area contributed by atoms with Gasteiger partial charge in [0.1, 0.15) is 5.00 Å². The van der Waals surface area contributed by atoms with Gasteiger partial charge in [0.05, 0.1) is 6.20 Å². The van der Waals surface area contributed by atoms with Crippen LogP contribution in [-0.2, 0) is 10.2 Å². The summed E-state index contributed by atoms with van der Waals surface area (Å²) in [4.78, 5) is 31.3. The highest BCUT2D eigenvalue weighted by molar-refractivity contribution is 7.88. The lowest BCUT2D eigenvalue weighted by Gasteiger charge is -2.04. The summed E-state index contributed by atoms with van der Waals surface area (Å²) < 4.78 is 27.0. The fourth-order valence-electron chi connectivity index (χ4n) is 1.31. The molecule has 1 aromatic carbocycles. The molecule has 0 saturated heterocycles. The number of nitrogens with zero attached hydrogens (tertiary/aromatic N) is 2. The molecule has 2 rings (SSSR count). The lowest BCUT2D eigenvalue weighted by molar-refractivity contribution is 0.252. The molecule has 140 valence electrons. The van der Waals surface area contributed by atoms with Gasteiger partial charge < -0.3 is 16.8 Å². The molecular formula is C11H14N8O5S2. The molecule has 8 N–H and O–H groups in total. The van der Waals surface area contributed by atoms with Crippen LogP contribution in [0.5, 0.6) is 0 Å². The number of rotatable bonds is 4. The topological polar surface area (TPSA) is 211 Å². The molecule has 13 nitrogen and oxygen atoms in total. The summed E-state index contributed by atoms with van der Waals surface area (Å²) >= 11 is 1.13. The number of nitrogens with two attached hydrogens (primary N) is 2. The second-order valence-corrected chi connectivity index (χ2v) is 6.36. The van der Waals surface area contributed by atoms with E-state index in [-0.39, 0.29) is 6.03 Å². The van der Waals surface area contributed by atoms with Gasteiger partial charge in [-0.05, 0) is 12.1 Å². The number of anilines is 2. The second kappa shape index (κ2) is 9.74. The number of primary amides is 2. The molecule has 0 aliphatic carbocycles. The minimum atomic E-state index is -4.23. The summed E-state index contributed by atoms with van der Waals surface area (Å²) in [6.45, 7) is 0. The Hall–Kier alpha value is -3.46. The molecule has 2 aromatic rings. The van der Waals surface area contributed by atoms with E-state index in [0.717, 1.165) is 17.2 Å². The van der Waals surface area contributed by atoms with Crippen LogP contribution >= 0.6 is 11.5 Å². The first kappa shape index (κ1) is 20.6. The van der Waals surface area contributed by atoms with Gasteiger partial charge in [0.25, 0.3) is 0 Å². The van der Waals surface area contributed by atoms with Crippen molar-refractivity contribution in [1.29, 1.82) is 0 Å². The van der Waals surface area contributed by atoms with Crippen molar-refractivity contribution in [2.24, 2.45) is 11.5 Å². The van der Waals surface area contributed by atoms with Gasteiger partial charge in [-0.3, -0.25) is 5.32 Å². The predicted octanol–water partition coefficient (Wildman–Crippen LogP) is -0.250. The number of para-hydroxylation sites is 1. The Bertz CT molecular complexity index is 819. The van der Waals surface area contributed by atoms with Crippen LogP contribution in [0.4, 0.5) is 25.1 Å². The Morgan fingerprint density at radius 1 is 0.962 bits per heavy atom. The zero-order valence-electron chi connectivity index (χ0n) is 12.9. The maximum absolute atomic E-state index is 11.4. The van der Waals surface area contributed by atoms with Crippen molar-refractivity contribution in [3.8, 4) is 0 Å². The van der Waals surface area contributed by atoms with Crippen LogP contribution < -0.4 is 31.5 Å². The molecule has 0 bridgehead atoms. The molecule has 1 aromatic heterocycles. The van der Waals surface area contributed by atoms with E-state index in [1.165, 1.54) is 15.6 Å². The van der Waals surface area contributed by atoms with Crippen molar-refractivity contribution in [3.63, 3.8) is 0 Å². The van der Waals surface area contributed by atoms with E-state index in [1.54, 1.807) is 0 Å². The van der Waals surface area contributed by atoms with E-state index in [4.69, 9.17) is 0 Å². The molecule has 0 unspecified atom stereocenters. The molecule has 0 atom stereocenters. The maximum Gasteiger partial charge on any atom is 0.328 e. The number of nitrogens with one attached hydrogen (secondary N) is 4. The van der Waals surface area contributed by atoms with Crippen LogP contribution in [0.3, 0.4) is 0 Å². The third kappa shape index (κ3) is 8.99. The van der Waals surface area contributed by atoms with E-state index >= 15 is 0 Å². The highest BCUT2D eigenvalue weighted by atomic mass is 32.2. The van der Waals surface area contributed by atoms with E-state index in [1.807, 2.05) is 30.3 Å². The van der Waals surface area contributed by atoms with Crippen LogP contribution in [0, 0.1) is 0 Å². The number of carbonyl (C=O) groups is 3. The second-order valence-electron chi connectivity index (χ2n) is 4.16. The van der Waals surface area contributed by atoms with Gasteiger partial charge in [-0.1, -0.05) is 22.7 Å². The Labute approximate surface area is 151 Å². The van der Waals surface area contributed by atoms with Gasteiger partial charge in [0.2, 0.25) is 0 Å². The number of hydrogen-bond acceptors (Lipinski definition) is 8. The minimum Gasteiger partial charge on any atom is -0.351 e.